The van der Waals surface area contributed by atoms with Crippen molar-refractivity contribution in [1.82, 2.24) is 9.21 Å². The Hall–Kier alpha value is -2.13. The normalized spacial score (nSPS) is 15.8. The van der Waals surface area contributed by atoms with Crippen molar-refractivity contribution in [3.63, 3.8) is 0 Å². The number of carbonyl (C=O) groups is 1. The SMILES string of the molecule is COc1ccc(C(=O)CN2CCN(S(=O)(=O)c3cc(Cl)ccc3OC)CC2)cc1. The number of Topliss-reactive ketones (excluding diaryl/α,β-unsaturated/α-hetero) is 1. The van der Waals surface area contributed by atoms with Gasteiger partial charge < -0.3 is 9.47 Å². The molecule has 3 rings (SSSR count). The molecule has 1 aliphatic heterocycles. The third-order valence-corrected chi connectivity index (χ3v) is 7.01. The molecule has 2 aromatic carbocycles. The predicted molar refractivity (Wildman–Crippen MR) is 111 cm³/mol. The van der Waals surface area contributed by atoms with Crippen molar-refractivity contribution < 1.29 is 22.7 Å². The second-order valence-corrected chi connectivity index (χ2v) is 8.97. The van der Waals surface area contributed by atoms with Crippen LogP contribution in [0.1, 0.15) is 10.4 Å². The van der Waals surface area contributed by atoms with Gasteiger partial charge in [0, 0.05) is 36.8 Å². The number of halogens is 1. The third-order valence-electron chi connectivity index (χ3n) is 4.85. The molecule has 0 N–H and O–H groups in total. The van der Waals surface area contributed by atoms with Crippen LogP contribution in [0.4, 0.5) is 0 Å². The first kappa shape index (κ1) is 21.6. The van der Waals surface area contributed by atoms with Crippen LogP contribution >= 0.6 is 11.6 Å². The van der Waals surface area contributed by atoms with E-state index in [2.05, 4.69) is 0 Å². The molecule has 0 spiro atoms. The van der Waals surface area contributed by atoms with E-state index in [-0.39, 0.29) is 36.1 Å². The van der Waals surface area contributed by atoms with Gasteiger partial charge in [0.2, 0.25) is 10.0 Å². The molecule has 0 bridgehead atoms. The number of sulfonamides is 1. The molecule has 0 saturated carbocycles. The van der Waals surface area contributed by atoms with Gasteiger partial charge in [-0.3, -0.25) is 9.69 Å². The Bertz CT molecular complexity index is 971. The molecular formula is C20H23ClN2O5S. The zero-order valence-electron chi connectivity index (χ0n) is 16.3. The van der Waals surface area contributed by atoms with E-state index in [0.717, 1.165) is 0 Å². The summed E-state index contributed by atoms with van der Waals surface area (Å²) < 4.78 is 37.7. The van der Waals surface area contributed by atoms with Gasteiger partial charge in [0.25, 0.3) is 0 Å². The van der Waals surface area contributed by atoms with Crippen LogP contribution in [0.5, 0.6) is 11.5 Å². The topological polar surface area (TPSA) is 76.2 Å². The monoisotopic (exact) mass is 438 g/mol. The highest BCUT2D eigenvalue weighted by Gasteiger charge is 2.31. The van der Waals surface area contributed by atoms with E-state index in [1.807, 2.05) is 4.90 Å². The van der Waals surface area contributed by atoms with Crippen LogP contribution in [0.25, 0.3) is 0 Å². The molecule has 0 aromatic heterocycles. The smallest absolute Gasteiger partial charge is 0.246 e. The first-order valence-corrected chi connectivity index (χ1v) is 10.9. The summed E-state index contributed by atoms with van der Waals surface area (Å²) in [7, 11) is -0.746. The van der Waals surface area contributed by atoms with Gasteiger partial charge in [0.15, 0.2) is 5.78 Å². The van der Waals surface area contributed by atoms with Crippen molar-refractivity contribution in [1.29, 1.82) is 0 Å². The number of methoxy groups -OCH3 is 2. The van der Waals surface area contributed by atoms with E-state index in [0.29, 0.717) is 29.4 Å². The molecule has 0 atom stereocenters. The van der Waals surface area contributed by atoms with Gasteiger partial charge in [-0.15, -0.1) is 0 Å². The van der Waals surface area contributed by atoms with Crippen LogP contribution in [0.2, 0.25) is 5.02 Å². The van der Waals surface area contributed by atoms with E-state index in [1.54, 1.807) is 43.5 Å². The number of benzene rings is 2. The van der Waals surface area contributed by atoms with Crippen LogP contribution in [-0.2, 0) is 10.0 Å². The highest BCUT2D eigenvalue weighted by atomic mass is 35.5. The standard InChI is InChI=1S/C20H23ClN2O5S/c1-27-17-6-3-15(4-7-17)18(24)14-22-9-11-23(12-10-22)29(25,26)20-13-16(21)5-8-19(20)28-2/h3-8,13H,9-12,14H2,1-2H3. The fourth-order valence-corrected chi connectivity index (χ4v) is 5.03. The van der Waals surface area contributed by atoms with Gasteiger partial charge >= 0.3 is 0 Å². The van der Waals surface area contributed by atoms with Crippen LogP contribution in [0, 0.1) is 0 Å². The minimum Gasteiger partial charge on any atom is -0.497 e. The maximum atomic E-state index is 13.0. The van der Waals surface area contributed by atoms with E-state index >= 15 is 0 Å². The Balaban J connectivity index is 1.64. The predicted octanol–water partition coefficient (Wildman–Crippen LogP) is 2.55. The molecule has 156 valence electrons. The Morgan fingerprint density at radius 2 is 1.66 bits per heavy atom. The summed E-state index contributed by atoms with van der Waals surface area (Å²) in [6.07, 6.45) is 0. The fourth-order valence-electron chi connectivity index (χ4n) is 3.19. The number of rotatable bonds is 7. The molecule has 1 fully saturated rings. The summed E-state index contributed by atoms with van der Waals surface area (Å²) in [5.74, 6) is 0.934. The quantitative estimate of drug-likeness (QED) is 0.618. The van der Waals surface area contributed by atoms with E-state index < -0.39 is 10.0 Å². The number of nitrogens with zero attached hydrogens (tertiary/aromatic N) is 2. The number of hydrogen-bond acceptors (Lipinski definition) is 6. The lowest BCUT2D eigenvalue weighted by Crippen LogP contribution is -2.49. The summed E-state index contributed by atoms with van der Waals surface area (Å²) in [4.78, 5) is 14.5. The van der Waals surface area contributed by atoms with Crippen molar-refractivity contribution in [2.75, 3.05) is 46.9 Å². The second-order valence-electron chi connectivity index (χ2n) is 6.63. The Labute approximate surface area is 175 Å². The van der Waals surface area contributed by atoms with Gasteiger partial charge in [-0.05, 0) is 42.5 Å². The maximum absolute atomic E-state index is 13.0. The van der Waals surface area contributed by atoms with Gasteiger partial charge in [0.05, 0.1) is 20.8 Å². The van der Waals surface area contributed by atoms with Crippen molar-refractivity contribution in [3.8, 4) is 11.5 Å². The highest BCUT2D eigenvalue weighted by Crippen LogP contribution is 2.30. The molecular weight excluding hydrogens is 416 g/mol. The molecule has 1 aliphatic rings. The zero-order chi connectivity index (χ0) is 21.0. The molecule has 0 amide bonds. The minimum absolute atomic E-state index is 0.0135. The Morgan fingerprint density at radius 3 is 2.24 bits per heavy atom. The molecule has 7 nitrogen and oxygen atoms in total. The Kier molecular flexibility index (Phi) is 6.79. The minimum atomic E-state index is -3.74. The molecule has 0 radical (unpaired) electrons. The van der Waals surface area contributed by atoms with E-state index in [4.69, 9.17) is 21.1 Å². The number of carbonyl (C=O) groups excluding carboxylic acids is 1. The molecule has 0 unspecified atom stereocenters. The first-order chi connectivity index (χ1) is 13.8. The van der Waals surface area contributed by atoms with Crippen molar-refractivity contribution in [3.05, 3.63) is 53.1 Å². The number of ketones is 1. The maximum Gasteiger partial charge on any atom is 0.246 e. The average Bonchev–Trinajstić information content (AvgIpc) is 2.74. The van der Waals surface area contributed by atoms with E-state index in [1.165, 1.54) is 17.5 Å². The molecule has 1 heterocycles. The van der Waals surface area contributed by atoms with Crippen molar-refractivity contribution in [2.24, 2.45) is 0 Å². The number of ether oxygens (including phenoxy) is 2. The number of hydrogen-bond donors (Lipinski definition) is 0. The van der Waals surface area contributed by atoms with E-state index in [9.17, 15) is 13.2 Å². The Morgan fingerprint density at radius 1 is 1.00 bits per heavy atom. The molecule has 2 aromatic rings. The first-order valence-electron chi connectivity index (χ1n) is 9.08. The van der Waals surface area contributed by atoms with Crippen LogP contribution in [0.15, 0.2) is 47.4 Å². The second kappa shape index (κ2) is 9.13. The van der Waals surface area contributed by atoms with Crippen LogP contribution < -0.4 is 9.47 Å². The van der Waals surface area contributed by atoms with Gasteiger partial charge in [-0.2, -0.15) is 4.31 Å². The highest BCUT2D eigenvalue weighted by molar-refractivity contribution is 7.89. The van der Waals surface area contributed by atoms with Crippen molar-refractivity contribution >= 4 is 27.4 Å². The van der Waals surface area contributed by atoms with Crippen molar-refractivity contribution in [2.45, 2.75) is 4.90 Å². The number of piperazine rings is 1. The van der Waals surface area contributed by atoms with Gasteiger partial charge in [-0.25, -0.2) is 8.42 Å². The summed E-state index contributed by atoms with van der Waals surface area (Å²) in [5, 5.41) is 0.327. The third kappa shape index (κ3) is 4.90. The molecule has 29 heavy (non-hydrogen) atoms. The largest absolute Gasteiger partial charge is 0.497 e. The summed E-state index contributed by atoms with van der Waals surface area (Å²) in [6.45, 7) is 1.73. The fraction of sp³-hybridized carbons (Fsp3) is 0.350. The summed E-state index contributed by atoms with van der Waals surface area (Å²) in [5.41, 5.74) is 0.601. The molecule has 1 saturated heterocycles. The van der Waals surface area contributed by atoms with Gasteiger partial charge in [0.1, 0.15) is 16.4 Å². The summed E-state index contributed by atoms with van der Waals surface area (Å²) in [6, 6.07) is 11.5. The molecule has 9 heteroatoms. The van der Waals surface area contributed by atoms with Crippen LogP contribution in [0.3, 0.4) is 0 Å². The lowest BCUT2D eigenvalue weighted by molar-refractivity contribution is 0.0901. The zero-order valence-corrected chi connectivity index (χ0v) is 17.9. The molecule has 0 aliphatic carbocycles. The lowest BCUT2D eigenvalue weighted by Gasteiger charge is -2.33. The lowest BCUT2D eigenvalue weighted by atomic mass is 10.1. The van der Waals surface area contributed by atoms with Crippen LogP contribution in [-0.4, -0.2) is 70.3 Å². The van der Waals surface area contributed by atoms with Gasteiger partial charge in [-0.1, -0.05) is 11.6 Å². The average molecular weight is 439 g/mol. The summed E-state index contributed by atoms with van der Waals surface area (Å²) >= 11 is 5.98.